The average Bonchev–Trinajstić information content (AvgIpc) is 2.38. The highest BCUT2D eigenvalue weighted by Gasteiger charge is 2.15. The van der Waals surface area contributed by atoms with E-state index in [1.54, 1.807) is 0 Å². The number of carbonyl (C=O) groups is 1. The van der Waals surface area contributed by atoms with E-state index in [2.05, 4.69) is 33.2 Å². The fourth-order valence-corrected chi connectivity index (χ4v) is 2.71. The van der Waals surface area contributed by atoms with E-state index in [-0.39, 0.29) is 18.3 Å². The molecule has 0 spiro atoms. The maximum absolute atomic E-state index is 12.0. The van der Waals surface area contributed by atoms with Crippen LogP contribution in [-0.2, 0) is 0 Å². The van der Waals surface area contributed by atoms with Gasteiger partial charge in [-0.15, -0.1) is 12.4 Å². The van der Waals surface area contributed by atoms with Gasteiger partial charge in [-0.1, -0.05) is 12.1 Å². The Labute approximate surface area is 128 Å². The minimum absolute atomic E-state index is 0. The number of hydrogen-bond donors (Lipinski definition) is 2. The monoisotopic (exact) mass is 380 g/mol. The van der Waals surface area contributed by atoms with Crippen molar-refractivity contribution in [1.82, 2.24) is 10.6 Å². The van der Waals surface area contributed by atoms with Crippen LogP contribution < -0.4 is 10.6 Å². The molecular formula is C13H18ClIN2O. The van der Waals surface area contributed by atoms with Crippen LogP contribution in [0.2, 0.25) is 0 Å². The molecule has 1 atom stereocenters. The summed E-state index contributed by atoms with van der Waals surface area (Å²) in [7, 11) is 0. The molecular weight excluding hydrogens is 363 g/mol. The van der Waals surface area contributed by atoms with Crippen molar-refractivity contribution in [2.45, 2.75) is 12.8 Å². The highest BCUT2D eigenvalue weighted by Crippen LogP contribution is 2.12. The first-order chi connectivity index (χ1) is 8.27. The Morgan fingerprint density at radius 2 is 2.22 bits per heavy atom. The molecule has 1 aliphatic heterocycles. The van der Waals surface area contributed by atoms with Gasteiger partial charge in [-0.05, 0) is 66.6 Å². The van der Waals surface area contributed by atoms with Crippen molar-refractivity contribution in [2.75, 3.05) is 19.6 Å². The number of carbonyl (C=O) groups excluding carboxylic acids is 1. The number of hydrogen-bond acceptors (Lipinski definition) is 2. The van der Waals surface area contributed by atoms with Gasteiger partial charge in [0.25, 0.3) is 5.91 Å². The number of amides is 1. The number of piperidine rings is 1. The molecule has 2 rings (SSSR count). The molecule has 5 heteroatoms. The zero-order valence-corrected chi connectivity index (χ0v) is 13.1. The van der Waals surface area contributed by atoms with Crippen LogP contribution in [0.4, 0.5) is 0 Å². The summed E-state index contributed by atoms with van der Waals surface area (Å²) in [5.41, 5.74) is 0.775. The van der Waals surface area contributed by atoms with E-state index in [0.29, 0.717) is 5.92 Å². The number of halogens is 2. The number of nitrogens with one attached hydrogen (secondary N) is 2. The fourth-order valence-electron chi connectivity index (χ4n) is 2.08. The van der Waals surface area contributed by atoms with Crippen molar-refractivity contribution >= 4 is 40.9 Å². The maximum Gasteiger partial charge on any atom is 0.252 e. The van der Waals surface area contributed by atoms with Crippen molar-refractivity contribution < 1.29 is 4.79 Å². The fraction of sp³-hybridized carbons (Fsp3) is 0.462. The molecule has 0 saturated carbocycles. The van der Waals surface area contributed by atoms with Gasteiger partial charge in [0.1, 0.15) is 0 Å². The molecule has 0 radical (unpaired) electrons. The molecule has 1 aliphatic rings. The molecule has 100 valence electrons. The lowest BCUT2D eigenvalue weighted by molar-refractivity contribution is 0.0944. The van der Waals surface area contributed by atoms with Gasteiger partial charge in [0.05, 0.1) is 5.56 Å². The zero-order chi connectivity index (χ0) is 12.1. The predicted octanol–water partition coefficient (Wildman–Crippen LogP) is 2.44. The van der Waals surface area contributed by atoms with Crippen LogP contribution in [0.25, 0.3) is 0 Å². The first-order valence-corrected chi connectivity index (χ1v) is 7.08. The third kappa shape index (κ3) is 4.40. The SMILES string of the molecule is Cl.O=C(NCC1CCCNC1)c1ccccc1I. The first kappa shape index (κ1) is 15.7. The van der Waals surface area contributed by atoms with Gasteiger partial charge in [0, 0.05) is 10.1 Å². The normalized spacial score (nSPS) is 18.8. The van der Waals surface area contributed by atoms with Gasteiger partial charge in [-0.3, -0.25) is 4.79 Å². The number of benzene rings is 1. The Hall–Kier alpha value is -0.330. The van der Waals surface area contributed by atoms with Gasteiger partial charge >= 0.3 is 0 Å². The van der Waals surface area contributed by atoms with Crippen LogP contribution in [0.1, 0.15) is 23.2 Å². The largest absolute Gasteiger partial charge is 0.352 e. The summed E-state index contributed by atoms with van der Waals surface area (Å²) in [6.07, 6.45) is 2.42. The summed E-state index contributed by atoms with van der Waals surface area (Å²) < 4.78 is 1.00. The van der Waals surface area contributed by atoms with E-state index in [0.717, 1.165) is 28.8 Å². The molecule has 18 heavy (non-hydrogen) atoms. The van der Waals surface area contributed by atoms with Crippen LogP contribution in [0, 0.1) is 9.49 Å². The molecule has 1 unspecified atom stereocenters. The van der Waals surface area contributed by atoms with Crippen molar-refractivity contribution in [1.29, 1.82) is 0 Å². The van der Waals surface area contributed by atoms with Crippen molar-refractivity contribution in [3.05, 3.63) is 33.4 Å². The minimum Gasteiger partial charge on any atom is -0.352 e. The van der Waals surface area contributed by atoms with Gasteiger partial charge in [0.2, 0.25) is 0 Å². The maximum atomic E-state index is 12.0. The molecule has 0 bridgehead atoms. The topological polar surface area (TPSA) is 41.1 Å². The van der Waals surface area contributed by atoms with Gasteiger partial charge in [0.15, 0.2) is 0 Å². The van der Waals surface area contributed by atoms with Crippen molar-refractivity contribution in [3.63, 3.8) is 0 Å². The Kier molecular flexibility index (Phi) is 6.96. The van der Waals surface area contributed by atoms with Crippen molar-refractivity contribution in [2.24, 2.45) is 5.92 Å². The van der Waals surface area contributed by atoms with E-state index >= 15 is 0 Å². The highest BCUT2D eigenvalue weighted by atomic mass is 127. The quantitative estimate of drug-likeness (QED) is 0.791. The Balaban J connectivity index is 0.00000162. The first-order valence-electron chi connectivity index (χ1n) is 6.01. The molecule has 0 aliphatic carbocycles. The molecule has 1 aromatic rings. The summed E-state index contributed by atoms with van der Waals surface area (Å²) in [5.74, 6) is 0.620. The van der Waals surface area contributed by atoms with Gasteiger partial charge in [-0.2, -0.15) is 0 Å². The van der Waals surface area contributed by atoms with Crippen LogP contribution >= 0.6 is 35.0 Å². The number of rotatable bonds is 3. The summed E-state index contributed by atoms with van der Waals surface area (Å²) in [6.45, 7) is 2.91. The molecule has 0 aromatic heterocycles. The lowest BCUT2D eigenvalue weighted by atomic mass is 10.00. The third-order valence-corrected chi connectivity index (χ3v) is 4.01. The van der Waals surface area contributed by atoms with Crippen LogP contribution in [-0.4, -0.2) is 25.5 Å². The second-order valence-corrected chi connectivity index (χ2v) is 5.56. The minimum atomic E-state index is 0. The smallest absolute Gasteiger partial charge is 0.252 e. The summed E-state index contributed by atoms with van der Waals surface area (Å²) in [6, 6.07) is 7.68. The second kappa shape index (κ2) is 7.96. The molecule has 1 amide bonds. The lowest BCUT2D eigenvalue weighted by Crippen LogP contribution is -2.38. The molecule has 1 fully saturated rings. The molecule has 1 saturated heterocycles. The molecule has 3 nitrogen and oxygen atoms in total. The van der Waals surface area contributed by atoms with Gasteiger partial charge in [-0.25, -0.2) is 0 Å². The van der Waals surface area contributed by atoms with E-state index in [1.165, 1.54) is 12.8 Å². The highest BCUT2D eigenvalue weighted by molar-refractivity contribution is 14.1. The lowest BCUT2D eigenvalue weighted by Gasteiger charge is -2.22. The Morgan fingerprint density at radius 3 is 2.89 bits per heavy atom. The average molecular weight is 381 g/mol. The molecule has 2 N–H and O–H groups in total. The van der Waals surface area contributed by atoms with E-state index < -0.39 is 0 Å². The molecule has 1 aromatic carbocycles. The third-order valence-electron chi connectivity index (χ3n) is 3.07. The standard InChI is InChI=1S/C13H17IN2O.ClH/c14-12-6-2-1-5-11(12)13(17)16-9-10-4-3-7-15-8-10;/h1-2,5-6,10,15H,3-4,7-9H2,(H,16,17);1H. The van der Waals surface area contributed by atoms with Crippen LogP contribution in [0.15, 0.2) is 24.3 Å². The second-order valence-electron chi connectivity index (χ2n) is 4.40. The van der Waals surface area contributed by atoms with Crippen molar-refractivity contribution in [3.8, 4) is 0 Å². The van der Waals surface area contributed by atoms with Crippen LogP contribution in [0.3, 0.4) is 0 Å². The van der Waals surface area contributed by atoms with E-state index in [1.807, 2.05) is 24.3 Å². The Morgan fingerprint density at radius 1 is 1.44 bits per heavy atom. The Bertz CT molecular complexity index is 394. The molecule has 1 heterocycles. The summed E-state index contributed by atoms with van der Waals surface area (Å²) in [5, 5.41) is 6.38. The van der Waals surface area contributed by atoms with E-state index in [4.69, 9.17) is 0 Å². The summed E-state index contributed by atoms with van der Waals surface area (Å²) in [4.78, 5) is 12.0. The summed E-state index contributed by atoms with van der Waals surface area (Å²) >= 11 is 2.20. The van der Waals surface area contributed by atoms with Gasteiger partial charge < -0.3 is 10.6 Å². The van der Waals surface area contributed by atoms with E-state index in [9.17, 15) is 4.79 Å². The predicted molar refractivity (Wildman–Crippen MR) is 84.3 cm³/mol. The zero-order valence-electron chi connectivity index (χ0n) is 10.1. The van der Waals surface area contributed by atoms with Crippen LogP contribution in [0.5, 0.6) is 0 Å².